The molecule has 2 atom stereocenters. The van der Waals surface area contributed by atoms with Gasteiger partial charge in [-0.05, 0) is 12.5 Å². The van der Waals surface area contributed by atoms with Gasteiger partial charge in [0.1, 0.15) is 12.2 Å². The van der Waals surface area contributed by atoms with E-state index in [1.54, 1.807) is 0 Å². The van der Waals surface area contributed by atoms with Crippen molar-refractivity contribution >= 4 is 5.97 Å². The van der Waals surface area contributed by atoms with Gasteiger partial charge in [-0.15, -0.1) is 0 Å². The Bertz CT molecular complexity index is 174. The molecule has 0 unspecified atom stereocenters. The number of hydrogen-bond acceptors (Lipinski definition) is 3. The topological polar surface area (TPSA) is 46.5 Å². The van der Waals surface area contributed by atoms with E-state index >= 15 is 0 Å². The zero-order chi connectivity index (χ0) is 8.27. The molecule has 1 rings (SSSR count). The van der Waals surface area contributed by atoms with Crippen LogP contribution in [0, 0.1) is 0 Å². The van der Waals surface area contributed by atoms with Crippen molar-refractivity contribution in [3.63, 3.8) is 0 Å². The van der Waals surface area contributed by atoms with E-state index in [0.717, 1.165) is 12.8 Å². The van der Waals surface area contributed by atoms with E-state index in [-0.39, 0.29) is 12.1 Å². The molecule has 1 N–H and O–H groups in total. The number of carbonyl (C=O) groups is 1. The number of hydrogen-bond donors (Lipinski definition) is 1. The highest BCUT2D eigenvalue weighted by molar-refractivity contribution is 5.83. The largest absolute Gasteiger partial charge is 0.456 e. The lowest BCUT2D eigenvalue weighted by Crippen LogP contribution is -2.32. The van der Waals surface area contributed by atoms with Gasteiger partial charge in [0.2, 0.25) is 0 Å². The van der Waals surface area contributed by atoms with Crippen LogP contribution in [0.5, 0.6) is 0 Å². The first-order chi connectivity index (χ1) is 5.24. The van der Waals surface area contributed by atoms with Gasteiger partial charge in [0.15, 0.2) is 0 Å². The van der Waals surface area contributed by atoms with Crippen LogP contribution in [-0.4, -0.2) is 23.3 Å². The summed E-state index contributed by atoms with van der Waals surface area (Å²) in [5.74, 6) is -0.353. The molecule has 11 heavy (non-hydrogen) atoms. The van der Waals surface area contributed by atoms with Crippen molar-refractivity contribution in [1.29, 1.82) is 0 Å². The Morgan fingerprint density at radius 3 is 3.09 bits per heavy atom. The predicted octanol–water partition coefficient (Wildman–Crippen LogP) is 0.629. The third-order valence-electron chi connectivity index (χ3n) is 1.65. The van der Waals surface area contributed by atoms with E-state index in [9.17, 15) is 9.90 Å². The fourth-order valence-electron chi connectivity index (χ4n) is 1.07. The highest BCUT2D eigenvalue weighted by Crippen LogP contribution is 2.13. The summed E-state index contributed by atoms with van der Waals surface area (Å²) in [7, 11) is 0. The molecular weight excluding hydrogens is 144 g/mol. The Labute approximate surface area is 65.7 Å². The number of aliphatic hydroxyl groups excluding tert-OH is 1. The average Bonchev–Trinajstić information content (AvgIpc) is 1.98. The van der Waals surface area contributed by atoms with Crippen molar-refractivity contribution in [2.75, 3.05) is 0 Å². The summed E-state index contributed by atoms with van der Waals surface area (Å²) in [5.41, 5.74) is 0. The second kappa shape index (κ2) is 3.53. The van der Waals surface area contributed by atoms with Crippen LogP contribution in [0.1, 0.15) is 19.8 Å². The van der Waals surface area contributed by atoms with E-state index in [1.807, 2.05) is 6.92 Å². The third kappa shape index (κ3) is 2.05. The molecule has 3 heteroatoms. The molecule has 1 aliphatic heterocycles. The van der Waals surface area contributed by atoms with Gasteiger partial charge in [0.25, 0.3) is 0 Å². The van der Waals surface area contributed by atoms with E-state index in [0.29, 0.717) is 0 Å². The number of rotatable bonds is 2. The molecule has 0 saturated carbocycles. The lowest BCUT2D eigenvalue weighted by atomic mass is 10.1. The molecule has 0 amide bonds. The van der Waals surface area contributed by atoms with Crippen LogP contribution < -0.4 is 0 Å². The smallest absolute Gasteiger partial charge is 0.330 e. The lowest BCUT2D eigenvalue weighted by Gasteiger charge is -2.22. The van der Waals surface area contributed by atoms with Crippen molar-refractivity contribution in [1.82, 2.24) is 0 Å². The summed E-state index contributed by atoms with van der Waals surface area (Å²) >= 11 is 0. The summed E-state index contributed by atoms with van der Waals surface area (Å²) in [4.78, 5) is 10.7. The van der Waals surface area contributed by atoms with Crippen LogP contribution in [-0.2, 0) is 9.53 Å². The summed E-state index contributed by atoms with van der Waals surface area (Å²) in [6.07, 6.45) is 3.41. The quantitative estimate of drug-likeness (QED) is 0.596. The van der Waals surface area contributed by atoms with E-state index in [2.05, 4.69) is 0 Å². The number of cyclic esters (lactones) is 1. The fourth-order valence-corrected chi connectivity index (χ4v) is 1.07. The van der Waals surface area contributed by atoms with Gasteiger partial charge in [0, 0.05) is 6.08 Å². The molecule has 0 aliphatic carbocycles. The molecule has 0 radical (unpaired) electrons. The third-order valence-corrected chi connectivity index (χ3v) is 1.65. The maximum atomic E-state index is 10.7. The number of aliphatic hydroxyl groups is 1. The van der Waals surface area contributed by atoms with Gasteiger partial charge in [-0.2, -0.15) is 0 Å². The van der Waals surface area contributed by atoms with Crippen molar-refractivity contribution in [2.24, 2.45) is 0 Å². The normalized spacial score (nSPS) is 30.2. The number of carbonyl (C=O) groups excluding carboxylic acids is 1. The summed E-state index contributed by atoms with van der Waals surface area (Å²) in [6, 6.07) is 0. The number of ether oxygens (including phenoxy) is 1. The average molecular weight is 156 g/mol. The molecule has 0 aromatic carbocycles. The lowest BCUT2D eigenvalue weighted by molar-refractivity contribution is -0.149. The maximum Gasteiger partial charge on any atom is 0.330 e. The first kappa shape index (κ1) is 8.27. The van der Waals surface area contributed by atoms with Gasteiger partial charge in [-0.1, -0.05) is 13.3 Å². The minimum absolute atomic E-state index is 0.336. The van der Waals surface area contributed by atoms with Gasteiger partial charge in [-0.3, -0.25) is 0 Å². The Morgan fingerprint density at radius 1 is 1.73 bits per heavy atom. The van der Waals surface area contributed by atoms with E-state index in [4.69, 9.17) is 4.74 Å². The molecule has 1 aliphatic rings. The van der Waals surface area contributed by atoms with Crippen molar-refractivity contribution < 1.29 is 14.6 Å². The molecule has 0 spiro atoms. The Hall–Kier alpha value is -0.830. The van der Waals surface area contributed by atoms with E-state index in [1.165, 1.54) is 12.2 Å². The number of esters is 1. The maximum absolute atomic E-state index is 10.7. The van der Waals surface area contributed by atoms with Crippen LogP contribution in [0.25, 0.3) is 0 Å². The van der Waals surface area contributed by atoms with Crippen molar-refractivity contribution in [3.8, 4) is 0 Å². The van der Waals surface area contributed by atoms with Crippen LogP contribution >= 0.6 is 0 Å². The van der Waals surface area contributed by atoms with Crippen molar-refractivity contribution in [2.45, 2.75) is 32.0 Å². The molecule has 0 fully saturated rings. The monoisotopic (exact) mass is 156 g/mol. The van der Waals surface area contributed by atoms with Crippen LogP contribution in [0.2, 0.25) is 0 Å². The first-order valence-corrected chi connectivity index (χ1v) is 3.81. The predicted molar refractivity (Wildman–Crippen MR) is 39.9 cm³/mol. The van der Waals surface area contributed by atoms with Crippen LogP contribution in [0.3, 0.4) is 0 Å². The molecule has 0 aromatic rings. The van der Waals surface area contributed by atoms with Gasteiger partial charge < -0.3 is 9.84 Å². The van der Waals surface area contributed by atoms with Crippen LogP contribution in [0.15, 0.2) is 12.2 Å². The molecule has 0 aromatic heterocycles. The van der Waals surface area contributed by atoms with Gasteiger partial charge in [-0.25, -0.2) is 4.79 Å². The summed E-state index contributed by atoms with van der Waals surface area (Å²) < 4.78 is 4.86. The van der Waals surface area contributed by atoms with Gasteiger partial charge >= 0.3 is 5.97 Å². The summed E-state index contributed by atoms with van der Waals surface area (Å²) in [5, 5.41) is 9.25. The Kier molecular flexibility index (Phi) is 2.65. The second-order valence-corrected chi connectivity index (χ2v) is 2.61. The minimum atomic E-state index is -0.618. The molecule has 62 valence electrons. The molecule has 0 saturated heterocycles. The Morgan fingerprint density at radius 2 is 2.45 bits per heavy atom. The van der Waals surface area contributed by atoms with Crippen molar-refractivity contribution in [3.05, 3.63) is 12.2 Å². The zero-order valence-corrected chi connectivity index (χ0v) is 6.49. The summed E-state index contributed by atoms with van der Waals surface area (Å²) in [6.45, 7) is 1.98. The SMILES string of the molecule is CCC[C@H]1OC(=O)C=C[C@H]1O. The Balaban J connectivity index is 2.53. The zero-order valence-electron chi connectivity index (χ0n) is 6.49. The molecule has 3 nitrogen and oxygen atoms in total. The highest BCUT2D eigenvalue weighted by Gasteiger charge is 2.23. The van der Waals surface area contributed by atoms with Gasteiger partial charge in [0.05, 0.1) is 0 Å². The molecule has 0 bridgehead atoms. The standard InChI is InChI=1S/C8H12O3/c1-2-3-7-6(9)4-5-8(10)11-7/h4-7,9H,2-3H2,1H3/t6-,7-/m1/s1. The van der Waals surface area contributed by atoms with Crippen LogP contribution in [0.4, 0.5) is 0 Å². The first-order valence-electron chi connectivity index (χ1n) is 3.81. The van der Waals surface area contributed by atoms with E-state index < -0.39 is 6.10 Å². The second-order valence-electron chi connectivity index (χ2n) is 2.61. The highest BCUT2D eigenvalue weighted by atomic mass is 16.6. The molecule has 1 heterocycles. The molecular formula is C8H12O3. The minimum Gasteiger partial charge on any atom is -0.456 e. The fraction of sp³-hybridized carbons (Fsp3) is 0.625.